The second-order valence-electron chi connectivity index (χ2n) is 9.86. The van der Waals surface area contributed by atoms with Crippen molar-refractivity contribution in [2.75, 3.05) is 22.1 Å². The van der Waals surface area contributed by atoms with Gasteiger partial charge >= 0.3 is 59.1 Å². The number of benzene rings is 4. The number of anilines is 6. The van der Waals surface area contributed by atoms with E-state index in [4.69, 9.17) is 11.5 Å². The van der Waals surface area contributed by atoms with Gasteiger partial charge in [0.25, 0.3) is 0 Å². The Morgan fingerprint density at radius 1 is 0.609 bits per heavy atom. The van der Waals surface area contributed by atoms with Crippen molar-refractivity contribution in [3.05, 3.63) is 90.9 Å². The second-order valence-corrected chi connectivity index (χ2v) is 14.2. The molecule has 4 aromatic carbocycles. The number of hydrogen-bond donors (Lipinski definition) is 4. The van der Waals surface area contributed by atoms with Crippen molar-refractivity contribution in [3.8, 4) is 0 Å². The molecule has 0 spiro atoms. The van der Waals surface area contributed by atoms with Gasteiger partial charge in [-0.1, -0.05) is 24.3 Å². The molecule has 0 heterocycles. The molecule has 0 amide bonds. The Balaban J connectivity index is 0.00000288. The number of nitrogens with one attached hydrogen (secondary N) is 2. The molecule has 4 aromatic rings. The Morgan fingerprint density at radius 2 is 0.935 bits per heavy atom. The van der Waals surface area contributed by atoms with Gasteiger partial charge in [-0.05, 0) is 81.1 Å². The molecule has 0 saturated heterocycles. The average Bonchev–Trinajstić information content (AvgIpc) is 2.89. The minimum atomic E-state index is -4.96. The third kappa shape index (κ3) is 6.86. The first-order chi connectivity index (χ1) is 20.4. The fourth-order valence-electron chi connectivity index (χ4n) is 5.18. The van der Waals surface area contributed by atoms with E-state index in [1.165, 1.54) is 62.4 Å². The summed E-state index contributed by atoms with van der Waals surface area (Å²) in [4.78, 5) is 27.3. The Kier molecular flexibility index (Phi) is 11.7. The zero-order valence-corrected chi connectivity index (χ0v) is 33.4. The smallest absolute Gasteiger partial charge is 0.744 e. The van der Waals surface area contributed by atoms with Gasteiger partial charge in [0.1, 0.15) is 20.2 Å². The van der Waals surface area contributed by atoms with Gasteiger partial charge in [0.2, 0.25) is 0 Å². The monoisotopic (exact) mass is 808 g/mol. The van der Waals surface area contributed by atoms with Crippen LogP contribution in [-0.2, 0) is 20.2 Å². The number of nitrogen functional groups attached to an aromatic ring is 2. The standard InChI is InChI=1S/C28H22Br2N4O8S2.2Na/c1-11-5-3-7-15(27(11)43(37,38)39)33-17-9-13(29)23(31)21-19(17)25(35)22-20(26(21)36)18(10-14(30)24(22)32)34-16-8-4-6-12(2)28(16)44(40,41)42;;/h3-10,33-34H,31-32H2,1-2H3,(H,37,38,39)(H,40,41,42);;/q;2*+1/p-2. The number of rotatable bonds is 6. The van der Waals surface area contributed by atoms with E-state index in [0.29, 0.717) is 0 Å². The van der Waals surface area contributed by atoms with E-state index >= 15 is 0 Å². The number of aryl methyl sites for hydroxylation is 2. The summed E-state index contributed by atoms with van der Waals surface area (Å²) in [6, 6.07) is 11.2. The van der Waals surface area contributed by atoms with Crippen molar-refractivity contribution in [2.24, 2.45) is 0 Å². The normalized spacial score (nSPS) is 12.4. The third-order valence-corrected chi connectivity index (χ3v) is 10.4. The summed E-state index contributed by atoms with van der Waals surface area (Å²) < 4.78 is 72.9. The molecule has 5 rings (SSSR count). The summed E-state index contributed by atoms with van der Waals surface area (Å²) in [5.41, 5.74) is 11.3. The number of carbonyl (C=O) groups excluding carboxylic acids is 2. The van der Waals surface area contributed by atoms with Crippen molar-refractivity contribution >= 4 is 97.8 Å². The predicted molar refractivity (Wildman–Crippen MR) is 169 cm³/mol. The minimum absolute atomic E-state index is 0. The average molecular weight is 810 g/mol. The van der Waals surface area contributed by atoms with E-state index in [9.17, 15) is 35.5 Å². The van der Waals surface area contributed by atoms with Gasteiger partial charge in [0.15, 0.2) is 11.6 Å². The van der Waals surface area contributed by atoms with E-state index in [2.05, 4.69) is 42.5 Å². The molecular formula is C28H20Br2N4Na2O8S2. The van der Waals surface area contributed by atoms with Gasteiger partial charge in [0, 0.05) is 8.95 Å². The van der Waals surface area contributed by atoms with Crippen LogP contribution in [0.15, 0.2) is 67.3 Å². The second kappa shape index (κ2) is 14.0. The fourth-order valence-corrected chi connectivity index (χ4v) is 7.73. The summed E-state index contributed by atoms with van der Waals surface area (Å²) >= 11 is 6.56. The molecule has 228 valence electrons. The number of hydrogen-bond acceptors (Lipinski definition) is 12. The summed E-state index contributed by atoms with van der Waals surface area (Å²) in [5, 5.41) is 5.62. The molecule has 1 aliphatic carbocycles. The molecule has 6 N–H and O–H groups in total. The quantitative estimate of drug-likeness (QED) is 0.0928. The van der Waals surface area contributed by atoms with Crippen LogP contribution >= 0.6 is 31.9 Å². The minimum Gasteiger partial charge on any atom is -0.744 e. The van der Waals surface area contributed by atoms with Gasteiger partial charge in [-0.2, -0.15) is 0 Å². The molecule has 0 radical (unpaired) electrons. The Bertz CT molecular complexity index is 2040. The molecule has 0 aliphatic heterocycles. The van der Waals surface area contributed by atoms with Crippen LogP contribution in [0.25, 0.3) is 0 Å². The number of carbonyl (C=O) groups is 2. The molecule has 18 heteroatoms. The van der Waals surface area contributed by atoms with Gasteiger partial charge in [-0.3, -0.25) is 9.59 Å². The first kappa shape index (κ1) is 38.6. The molecule has 46 heavy (non-hydrogen) atoms. The van der Waals surface area contributed by atoms with Crippen LogP contribution in [0.3, 0.4) is 0 Å². The SMILES string of the molecule is Cc1cccc(Nc2cc(Br)c(N)c3c2C(=O)c2c(N)c(Br)cc(Nc4cccc(C)c4S(=O)(=O)[O-])c2C3=O)c1S(=O)(=O)[O-].[Na+].[Na+]. The molecule has 0 atom stereocenters. The van der Waals surface area contributed by atoms with Crippen molar-refractivity contribution < 1.29 is 94.6 Å². The van der Waals surface area contributed by atoms with E-state index in [-0.39, 0.29) is 136 Å². The molecule has 0 saturated carbocycles. The Labute approximate surface area is 325 Å². The van der Waals surface area contributed by atoms with Crippen LogP contribution in [0, 0.1) is 13.8 Å². The maximum Gasteiger partial charge on any atom is 1.00 e. The molecule has 0 bridgehead atoms. The van der Waals surface area contributed by atoms with Crippen LogP contribution in [0.4, 0.5) is 34.1 Å². The molecule has 0 aromatic heterocycles. The fraction of sp³-hybridized carbons (Fsp3) is 0.0714. The number of halogens is 2. The Morgan fingerprint density at radius 3 is 1.24 bits per heavy atom. The first-order valence-corrected chi connectivity index (χ1v) is 16.8. The zero-order valence-electron chi connectivity index (χ0n) is 24.6. The van der Waals surface area contributed by atoms with Crippen molar-refractivity contribution in [1.82, 2.24) is 0 Å². The van der Waals surface area contributed by atoms with Crippen molar-refractivity contribution in [1.29, 1.82) is 0 Å². The number of ketones is 2. The molecule has 0 fully saturated rings. The van der Waals surface area contributed by atoms with Gasteiger partial charge < -0.3 is 31.2 Å². The van der Waals surface area contributed by atoms with Gasteiger partial charge in [-0.25, -0.2) is 16.8 Å². The maximum atomic E-state index is 14.2. The van der Waals surface area contributed by atoms with Crippen LogP contribution in [0.2, 0.25) is 0 Å². The van der Waals surface area contributed by atoms with Crippen LogP contribution in [0.1, 0.15) is 43.0 Å². The summed E-state index contributed by atoms with van der Waals surface area (Å²) in [7, 11) is -9.92. The topological polar surface area (TPSA) is 225 Å². The maximum absolute atomic E-state index is 14.2. The molecule has 1 aliphatic rings. The first-order valence-electron chi connectivity index (χ1n) is 12.4. The van der Waals surface area contributed by atoms with E-state index < -0.39 is 41.6 Å². The third-order valence-electron chi connectivity index (χ3n) is 7.00. The number of nitrogens with two attached hydrogens (primary N) is 2. The summed E-state index contributed by atoms with van der Waals surface area (Å²) in [6.07, 6.45) is 0. The van der Waals surface area contributed by atoms with E-state index in [0.717, 1.165) is 0 Å². The van der Waals surface area contributed by atoms with E-state index in [1.807, 2.05) is 0 Å². The predicted octanol–water partition coefficient (Wildman–Crippen LogP) is -0.928. The summed E-state index contributed by atoms with van der Waals surface area (Å²) in [5.74, 6) is -1.56. The van der Waals surface area contributed by atoms with Crippen LogP contribution < -0.4 is 81.2 Å². The van der Waals surface area contributed by atoms with Crippen LogP contribution in [-0.4, -0.2) is 37.5 Å². The van der Waals surface area contributed by atoms with Crippen molar-refractivity contribution in [2.45, 2.75) is 23.6 Å². The molecule has 0 unspecified atom stereocenters. The van der Waals surface area contributed by atoms with Gasteiger partial charge in [0.05, 0.1) is 66.2 Å². The summed E-state index contributed by atoms with van der Waals surface area (Å²) in [6.45, 7) is 2.86. The zero-order chi connectivity index (χ0) is 32.5. The molecule has 12 nitrogen and oxygen atoms in total. The largest absolute Gasteiger partial charge is 1.00 e. The van der Waals surface area contributed by atoms with Crippen molar-refractivity contribution in [3.63, 3.8) is 0 Å². The van der Waals surface area contributed by atoms with Crippen LogP contribution in [0.5, 0.6) is 0 Å². The van der Waals surface area contributed by atoms with Gasteiger partial charge in [-0.15, -0.1) is 0 Å². The Hall–Kier alpha value is -1.80. The number of fused-ring (bicyclic) bond motifs is 2. The van der Waals surface area contributed by atoms with E-state index in [1.54, 1.807) is 0 Å². The molecular weight excluding hydrogens is 790 g/mol.